The third-order valence-corrected chi connectivity index (χ3v) is 2.35. The molecule has 0 radical (unpaired) electrons. The van der Waals surface area contributed by atoms with Crippen LogP contribution in [0.15, 0.2) is 0 Å². The van der Waals surface area contributed by atoms with Crippen molar-refractivity contribution >= 4 is 11.8 Å². The van der Waals surface area contributed by atoms with E-state index in [1.54, 1.807) is 14.1 Å². The van der Waals surface area contributed by atoms with Crippen LogP contribution in [0.4, 0.5) is 0 Å². The molecule has 0 unspecified atom stereocenters. The molecular formula is C11H23N3O2. The lowest BCUT2D eigenvalue weighted by Gasteiger charge is -2.25. The fourth-order valence-corrected chi connectivity index (χ4v) is 1.02. The quantitative estimate of drug-likeness (QED) is 0.710. The van der Waals surface area contributed by atoms with Gasteiger partial charge in [0.2, 0.25) is 11.8 Å². The Hall–Kier alpha value is -1.10. The summed E-state index contributed by atoms with van der Waals surface area (Å²) in [6.07, 6.45) is 0.301. The van der Waals surface area contributed by atoms with Gasteiger partial charge in [0, 0.05) is 27.1 Å². The SMILES string of the molecule is CN(C)C(=O)CCNC(=O)[C@H](N)C(C)(C)C. The monoisotopic (exact) mass is 229 g/mol. The summed E-state index contributed by atoms with van der Waals surface area (Å²) in [6.45, 7) is 6.05. The van der Waals surface area contributed by atoms with Crippen molar-refractivity contribution in [1.29, 1.82) is 0 Å². The minimum absolute atomic E-state index is 0.00960. The Morgan fingerprint density at radius 2 is 1.81 bits per heavy atom. The standard InChI is InChI=1S/C11H23N3O2/c1-11(2,3)9(12)10(16)13-7-6-8(15)14(4)5/h9H,6-7,12H2,1-5H3,(H,13,16)/t9-/m0/s1. The minimum atomic E-state index is -0.554. The predicted octanol–water partition coefficient (Wildman–Crippen LogP) is -0.0457. The van der Waals surface area contributed by atoms with Crippen LogP contribution in [0.25, 0.3) is 0 Å². The van der Waals surface area contributed by atoms with E-state index in [4.69, 9.17) is 5.73 Å². The van der Waals surface area contributed by atoms with Gasteiger partial charge in [0.15, 0.2) is 0 Å². The van der Waals surface area contributed by atoms with Gasteiger partial charge < -0.3 is 16.0 Å². The molecule has 0 aliphatic carbocycles. The summed E-state index contributed by atoms with van der Waals surface area (Å²) in [5.74, 6) is -0.219. The summed E-state index contributed by atoms with van der Waals surface area (Å²) in [7, 11) is 3.37. The third-order valence-electron chi connectivity index (χ3n) is 2.35. The van der Waals surface area contributed by atoms with Gasteiger partial charge in [-0.25, -0.2) is 0 Å². The second-order valence-electron chi connectivity index (χ2n) is 5.17. The van der Waals surface area contributed by atoms with Crippen molar-refractivity contribution in [3.8, 4) is 0 Å². The second-order valence-corrected chi connectivity index (χ2v) is 5.17. The third kappa shape index (κ3) is 5.11. The van der Waals surface area contributed by atoms with Gasteiger partial charge in [-0.15, -0.1) is 0 Å². The van der Waals surface area contributed by atoms with Crippen molar-refractivity contribution in [3.63, 3.8) is 0 Å². The maximum absolute atomic E-state index is 11.6. The summed E-state index contributed by atoms with van der Waals surface area (Å²) in [5.41, 5.74) is 5.50. The average molecular weight is 229 g/mol. The van der Waals surface area contributed by atoms with Crippen molar-refractivity contribution in [3.05, 3.63) is 0 Å². The van der Waals surface area contributed by atoms with Crippen LogP contribution >= 0.6 is 0 Å². The van der Waals surface area contributed by atoms with Crippen LogP contribution < -0.4 is 11.1 Å². The number of hydrogen-bond donors (Lipinski definition) is 2. The Balaban J connectivity index is 3.96. The Labute approximate surface area is 97.4 Å². The molecule has 3 N–H and O–H groups in total. The first-order valence-corrected chi connectivity index (χ1v) is 5.39. The van der Waals surface area contributed by atoms with Gasteiger partial charge in [-0.2, -0.15) is 0 Å². The number of amides is 2. The lowest BCUT2D eigenvalue weighted by Crippen LogP contribution is -2.49. The van der Waals surface area contributed by atoms with E-state index in [0.717, 1.165) is 0 Å². The molecule has 0 aliphatic heterocycles. The van der Waals surface area contributed by atoms with Crippen molar-refractivity contribution in [2.75, 3.05) is 20.6 Å². The normalized spacial score (nSPS) is 13.1. The first-order valence-electron chi connectivity index (χ1n) is 5.39. The van der Waals surface area contributed by atoms with Crippen LogP contribution in [0.5, 0.6) is 0 Å². The summed E-state index contributed by atoms with van der Waals surface area (Å²) in [5, 5.41) is 2.66. The van der Waals surface area contributed by atoms with Crippen LogP contribution in [0.3, 0.4) is 0 Å². The highest BCUT2D eigenvalue weighted by Gasteiger charge is 2.27. The predicted molar refractivity (Wildman–Crippen MR) is 63.8 cm³/mol. The van der Waals surface area contributed by atoms with Gasteiger partial charge in [0.1, 0.15) is 0 Å². The van der Waals surface area contributed by atoms with Crippen LogP contribution in [-0.2, 0) is 9.59 Å². The highest BCUT2D eigenvalue weighted by molar-refractivity contribution is 5.83. The van der Waals surface area contributed by atoms with Gasteiger partial charge in [-0.05, 0) is 5.41 Å². The molecule has 94 valence electrons. The summed E-state index contributed by atoms with van der Waals surface area (Å²) < 4.78 is 0. The maximum Gasteiger partial charge on any atom is 0.237 e. The van der Waals surface area contributed by atoms with Crippen LogP contribution in [-0.4, -0.2) is 43.4 Å². The van der Waals surface area contributed by atoms with Gasteiger partial charge >= 0.3 is 0 Å². The number of carbonyl (C=O) groups excluding carboxylic acids is 2. The number of nitrogens with zero attached hydrogens (tertiary/aromatic N) is 1. The fourth-order valence-electron chi connectivity index (χ4n) is 1.02. The van der Waals surface area contributed by atoms with Crippen LogP contribution in [0.2, 0.25) is 0 Å². The van der Waals surface area contributed by atoms with Gasteiger partial charge in [0.05, 0.1) is 6.04 Å². The largest absolute Gasteiger partial charge is 0.354 e. The molecule has 5 nitrogen and oxygen atoms in total. The van der Waals surface area contributed by atoms with E-state index in [2.05, 4.69) is 5.32 Å². The van der Waals surface area contributed by atoms with Crippen LogP contribution in [0.1, 0.15) is 27.2 Å². The Morgan fingerprint density at radius 1 is 1.31 bits per heavy atom. The Morgan fingerprint density at radius 3 is 2.19 bits per heavy atom. The van der Waals surface area contributed by atoms with E-state index in [-0.39, 0.29) is 17.2 Å². The van der Waals surface area contributed by atoms with E-state index in [0.29, 0.717) is 13.0 Å². The van der Waals surface area contributed by atoms with Crippen LogP contribution in [0, 0.1) is 5.41 Å². The molecule has 2 amide bonds. The highest BCUT2D eigenvalue weighted by atomic mass is 16.2. The number of hydrogen-bond acceptors (Lipinski definition) is 3. The zero-order valence-electron chi connectivity index (χ0n) is 10.8. The van der Waals surface area contributed by atoms with Crippen molar-refractivity contribution in [1.82, 2.24) is 10.2 Å². The molecule has 0 aromatic heterocycles. The minimum Gasteiger partial charge on any atom is -0.354 e. The fraction of sp³-hybridized carbons (Fsp3) is 0.818. The zero-order valence-corrected chi connectivity index (χ0v) is 10.8. The molecule has 1 atom stereocenters. The average Bonchev–Trinajstić information content (AvgIpc) is 2.14. The molecule has 0 aliphatic rings. The first kappa shape index (κ1) is 14.9. The van der Waals surface area contributed by atoms with Crippen molar-refractivity contribution in [2.45, 2.75) is 33.2 Å². The number of nitrogens with one attached hydrogen (secondary N) is 1. The first-order chi connectivity index (χ1) is 7.16. The van der Waals surface area contributed by atoms with Gasteiger partial charge in [-0.3, -0.25) is 9.59 Å². The molecule has 0 aromatic carbocycles. The van der Waals surface area contributed by atoms with Gasteiger partial charge in [-0.1, -0.05) is 20.8 Å². The summed E-state index contributed by atoms with van der Waals surface area (Å²) in [6, 6.07) is -0.554. The highest BCUT2D eigenvalue weighted by Crippen LogP contribution is 2.16. The van der Waals surface area contributed by atoms with E-state index < -0.39 is 6.04 Å². The number of rotatable bonds is 4. The Kier molecular flexibility index (Phi) is 5.44. The molecule has 0 rings (SSSR count). The smallest absolute Gasteiger partial charge is 0.237 e. The maximum atomic E-state index is 11.6. The van der Waals surface area contributed by atoms with Gasteiger partial charge in [0.25, 0.3) is 0 Å². The summed E-state index contributed by atoms with van der Waals surface area (Å²) in [4.78, 5) is 24.3. The second kappa shape index (κ2) is 5.84. The molecule has 5 heteroatoms. The topological polar surface area (TPSA) is 75.4 Å². The van der Waals surface area contributed by atoms with Crippen molar-refractivity contribution < 1.29 is 9.59 Å². The van der Waals surface area contributed by atoms with E-state index in [1.165, 1.54) is 4.90 Å². The molecule has 0 bridgehead atoms. The van der Waals surface area contributed by atoms with E-state index in [9.17, 15) is 9.59 Å². The molecule has 0 spiro atoms. The Bertz CT molecular complexity index is 256. The summed E-state index contributed by atoms with van der Waals surface area (Å²) >= 11 is 0. The molecule has 0 heterocycles. The van der Waals surface area contributed by atoms with E-state index >= 15 is 0 Å². The lowest BCUT2D eigenvalue weighted by atomic mass is 9.87. The molecule has 0 aromatic rings. The lowest BCUT2D eigenvalue weighted by molar-refractivity contribution is -0.129. The number of carbonyl (C=O) groups is 2. The molecule has 16 heavy (non-hydrogen) atoms. The molecule has 0 saturated heterocycles. The number of nitrogens with two attached hydrogens (primary N) is 1. The molecule has 0 fully saturated rings. The molecular weight excluding hydrogens is 206 g/mol. The van der Waals surface area contributed by atoms with Crippen molar-refractivity contribution in [2.24, 2.45) is 11.1 Å². The molecule has 0 saturated carbocycles. The zero-order chi connectivity index (χ0) is 12.9. The van der Waals surface area contributed by atoms with E-state index in [1.807, 2.05) is 20.8 Å².